The Bertz CT molecular complexity index is 11.6. The largest absolute Gasteiger partial charge is 0.395 e. The summed E-state index contributed by atoms with van der Waals surface area (Å²) in [6.45, 7) is 0.472. The van der Waals surface area contributed by atoms with Crippen molar-refractivity contribution >= 4 is 12.4 Å². The Hall–Kier alpha value is 0.210. The number of nitrogens with two attached hydrogens (primary N) is 1. The fraction of sp³-hybridized carbons (Fsp3) is 1.00. The molecule has 2 nitrogen and oxygen atoms in total. The van der Waals surface area contributed by atoms with Crippen LogP contribution in [-0.4, -0.2) is 18.3 Å². The molecule has 0 aromatic rings. The molecule has 0 rings (SSSR count). The molecule has 0 spiro atoms. The average Bonchev–Trinajstić information content (AvgIpc) is 1.37. The molecule has 0 unspecified atom stereocenters. The summed E-state index contributed by atoms with van der Waals surface area (Å²) in [6.07, 6.45) is 0. The zero-order valence-electron chi connectivity index (χ0n) is 2.85. The van der Waals surface area contributed by atoms with E-state index < -0.39 is 0 Å². The summed E-state index contributed by atoms with van der Waals surface area (Å²) < 4.78 is 0. The minimum absolute atomic E-state index is 0. The van der Waals surface area contributed by atoms with E-state index in [1.54, 1.807) is 0 Å². The highest BCUT2D eigenvalue weighted by molar-refractivity contribution is 5.85. The van der Waals surface area contributed by atoms with Crippen LogP contribution in [0, 0.1) is 0 Å². The Morgan fingerprint density at radius 3 is 1.80 bits per heavy atom. The lowest BCUT2D eigenvalue weighted by Crippen LogP contribution is -2.02. The predicted molar refractivity (Wildman–Crippen MR) is 23.4 cm³/mol. The van der Waals surface area contributed by atoms with Gasteiger partial charge in [-0.2, -0.15) is 0 Å². The van der Waals surface area contributed by atoms with Crippen LogP contribution in [0.2, 0.25) is 0 Å². The Kier molecular flexibility index (Phi) is 15.9. The first-order chi connectivity index (χ1) is 1.91. The summed E-state index contributed by atoms with van der Waals surface area (Å²) in [7, 11) is 0. The van der Waals surface area contributed by atoms with Crippen LogP contribution in [0.3, 0.4) is 0 Å². The van der Waals surface area contributed by atoms with E-state index in [9.17, 15) is 0 Å². The molecule has 0 atom stereocenters. The van der Waals surface area contributed by atoms with Crippen LogP contribution in [0.5, 0.6) is 0 Å². The van der Waals surface area contributed by atoms with Crippen molar-refractivity contribution in [2.24, 2.45) is 5.73 Å². The molecule has 0 radical (unpaired) electrons. The summed E-state index contributed by atoms with van der Waals surface area (Å²) >= 11 is 0. The number of halogens is 1. The smallest absolute Gasteiger partial charge is 0.0553 e. The molecular formula is C2H8ClNO. The van der Waals surface area contributed by atoms with Gasteiger partial charge in [0.25, 0.3) is 0 Å². The van der Waals surface area contributed by atoms with Crippen LogP contribution in [-0.2, 0) is 0 Å². The molecule has 3 heteroatoms. The van der Waals surface area contributed by atoms with E-state index >= 15 is 0 Å². The molecule has 0 aliphatic heterocycles. The van der Waals surface area contributed by atoms with Crippen LogP contribution < -0.4 is 5.73 Å². The van der Waals surface area contributed by atoms with E-state index in [4.69, 9.17) is 10.8 Å². The van der Waals surface area contributed by atoms with Crippen molar-refractivity contribution in [2.75, 3.05) is 13.2 Å². The van der Waals surface area contributed by atoms with Crippen LogP contribution in [0.4, 0.5) is 0 Å². The summed E-state index contributed by atoms with van der Waals surface area (Å²) in [5.74, 6) is 0. The number of hydrogen-bond acceptors (Lipinski definition) is 2. The molecule has 0 amide bonds. The highest BCUT2D eigenvalue weighted by atomic mass is 35.5. The van der Waals surface area contributed by atoms with E-state index in [-0.39, 0.29) is 19.0 Å². The maximum Gasteiger partial charge on any atom is 0.0553 e. The number of hydrogen-bond donors (Lipinski definition) is 2. The van der Waals surface area contributed by atoms with Gasteiger partial charge in [0.05, 0.1) is 6.61 Å². The van der Waals surface area contributed by atoms with Crippen molar-refractivity contribution < 1.29 is 5.11 Å². The third-order valence-electron chi connectivity index (χ3n) is 0.129. The monoisotopic (exact) mass is 98.0 g/mol. The van der Waals surface area contributed by atoms with Gasteiger partial charge in [-0.15, -0.1) is 12.4 Å². The molecule has 0 fully saturated rings. The van der Waals surface area contributed by atoms with Gasteiger partial charge in [-0.05, 0) is 0 Å². The summed E-state index contributed by atoms with van der Waals surface area (Å²) in [6, 6.07) is 0. The lowest BCUT2D eigenvalue weighted by Gasteiger charge is -1.71. The molecule has 0 saturated carbocycles. The fourth-order valence-corrected chi connectivity index (χ4v) is 0. The second-order valence-corrected chi connectivity index (χ2v) is 0.512. The topological polar surface area (TPSA) is 46.2 Å². The second-order valence-electron chi connectivity index (χ2n) is 0.512. The quantitative estimate of drug-likeness (QED) is 0.429. The Morgan fingerprint density at radius 2 is 1.80 bits per heavy atom. The molecule has 0 aliphatic rings. The summed E-state index contributed by atoms with van der Waals surface area (Å²) in [5, 5.41) is 7.75. The molecule has 0 heterocycles. The molecular weight excluding hydrogens is 90.5 g/mol. The molecule has 5 heavy (non-hydrogen) atoms. The van der Waals surface area contributed by atoms with Gasteiger partial charge in [0, 0.05) is 6.54 Å². The minimum Gasteiger partial charge on any atom is -0.395 e. The molecule has 0 aromatic carbocycles. The van der Waals surface area contributed by atoms with Crippen LogP contribution >= 0.6 is 12.4 Å². The zero-order valence-corrected chi connectivity index (χ0v) is 3.66. The van der Waals surface area contributed by atoms with Gasteiger partial charge in [0.1, 0.15) is 0 Å². The molecule has 34 valence electrons. The SMILES string of the molecule is Cl.NC[13CH2]O. The van der Waals surface area contributed by atoms with Crippen molar-refractivity contribution in [3.8, 4) is 0 Å². The summed E-state index contributed by atoms with van der Waals surface area (Å²) in [5.41, 5.74) is 4.78. The van der Waals surface area contributed by atoms with Crippen molar-refractivity contribution in [1.82, 2.24) is 0 Å². The van der Waals surface area contributed by atoms with E-state index in [2.05, 4.69) is 0 Å². The van der Waals surface area contributed by atoms with Crippen LogP contribution in [0.15, 0.2) is 0 Å². The lowest BCUT2D eigenvalue weighted by atomic mass is 11.1. The fourth-order valence-electron chi connectivity index (χ4n) is 0. The van der Waals surface area contributed by atoms with Crippen molar-refractivity contribution in [1.29, 1.82) is 0 Å². The van der Waals surface area contributed by atoms with E-state index in [0.29, 0.717) is 6.54 Å². The minimum atomic E-state index is 0. The van der Waals surface area contributed by atoms with E-state index in [1.165, 1.54) is 0 Å². The third kappa shape index (κ3) is 14.0. The van der Waals surface area contributed by atoms with Gasteiger partial charge < -0.3 is 10.8 Å². The number of aliphatic hydroxyl groups is 1. The maximum atomic E-state index is 7.75. The van der Waals surface area contributed by atoms with Crippen LogP contribution in [0.1, 0.15) is 0 Å². The average molecular weight is 98.5 g/mol. The van der Waals surface area contributed by atoms with Gasteiger partial charge in [0.2, 0.25) is 0 Å². The molecule has 0 saturated heterocycles. The zero-order chi connectivity index (χ0) is 3.41. The first-order valence-corrected chi connectivity index (χ1v) is 1.22. The highest BCUT2D eigenvalue weighted by Gasteiger charge is 1.56. The highest BCUT2D eigenvalue weighted by Crippen LogP contribution is 1.33. The van der Waals surface area contributed by atoms with Crippen molar-refractivity contribution in [2.45, 2.75) is 0 Å². The van der Waals surface area contributed by atoms with Crippen LogP contribution in [0.25, 0.3) is 0 Å². The molecule has 0 bridgehead atoms. The first kappa shape index (κ1) is 8.96. The molecule has 3 N–H and O–H groups in total. The van der Waals surface area contributed by atoms with Gasteiger partial charge in [-0.25, -0.2) is 0 Å². The predicted octanol–water partition coefficient (Wildman–Crippen LogP) is -0.641. The lowest BCUT2D eigenvalue weighted by molar-refractivity contribution is 0.306. The Balaban J connectivity index is 0. The number of aliphatic hydroxyl groups excluding tert-OH is 1. The van der Waals surface area contributed by atoms with Gasteiger partial charge in [-0.1, -0.05) is 0 Å². The number of rotatable bonds is 1. The van der Waals surface area contributed by atoms with Crippen molar-refractivity contribution in [3.05, 3.63) is 0 Å². The van der Waals surface area contributed by atoms with Gasteiger partial charge in [0.15, 0.2) is 0 Å². The Morgan fingerprint density at radius 1 is 1.60 bits per heavy atom. The standard InChI is InChI=1S/C2H7NO.ClH/c3-1-2-4;/h4H,1-3H2;1H/i2+1;. The maximum absolute atomic E-state index is 7.75. The normalized spacial score (nSPS) is 6.00. The molecule has 0 aromatic heterocycles. The summed E-state index contributed by atoms with van der Waals surface area (Å²) in [4.78, 5) is 0. The third-order valence-corrected chi connectivity index (χ3v) is 0.129. The van der Waals surface area contributed by atoms with E-state index in [0.717, 1.165) is 0 Å². The van der Waals surface area contributed by atoms with E-state index in [1.807, 2.05) is 0 Å². The van der Waals surface area contributed by atoms with Gasteiger partial charge in [-0.3, -0.25) is 0 Å². The second kappa shape index (κ2) is 8.88. The van der Waals surface area contributed by atoms with Gasteiger partial charge >= 0.3 is 0 Å². The van der Waals surface area contributed by atoms with Crippen molar-refractivity contribution in [3.63, 3.8) is 0 Å². The Labute approximate surface area is 37.4 Å². The first-order valence-electron chi connectivity index (χ1n) is 1.22. The molecule has 0 aliphatic carbocycles.